The van der Waals surface area contributed by atoms with E-state index in [0.29, 0.717) is 30.2 Å². The van der Waals surface area contributed by atoms with E-state index in [9.17, 15) is 9.00 Å². The lowest BCUT2D eigenvalue weighted by molar-refractivity contribution is 0.0772. The topological polar surface area (TPSA) is 57.6 Å². The summed E-state index contributed by atoms with van der Waals surface area (Å²) in [6.45, 7) is 0.928. The van der Waals surface area contributed by atoms with Crippen molar-refractivity contribution in [1.29, 1.82) is 0 Å². The predicted molar refractivity (Wildman–Crippen MR) is 72.1 cm³/mol. The van der Waals surface area contributed by atoms with Gasteiger partial charge in [-0.25, -0.2) is 0 Å². The summed E-state index contributed by atoms with van der Waals surface area (Å²) >= 11 is 1.39. The van der Waals surface area contributed by atoms with E-state index in [-0.39, 0.29) is 12.5 Å². The minimum atomic E-state index is -0.774. The summed E-state index contributed by atoms with van der Waals surface area (Å²) in [5, 5.41) is 10.4. The summed E-state index contributed by atoms with van der Waals surface area (Å²) in [6.07, 6.45) is 0. The molecule has 1 saturated heterocycles. The quantitative estimate of drug-likeness (QED) is 0.754. The molecule has 0 atom stereocenters. The zero-order valence-electron chi connectivity index (χ0n) is 9.72. The van der Waals surface area contributed by atoms with Crippen LogP contribution in [-0.4, -0.2) is 51.3 Å². The van der Waals surface area contributed by atoms with Crippen molar-refractivity contribution >= 4 is 28.0 Å². The molecule has 1 aromatic heterocycles. The van der Waals surface area contributed by atoms with Gasteiger partial charge in [0.15, 0.2) is 0 Å². The van der Waals surface area contributed by atoms with E-state index in [1.807, 2.05) is 0 Å². The molecule has 4 nitrogen and oxygen atoms in total. The Morgan fingerprint density at radius 2 is 2.22 bits per heavy atom. The molecule has 0 bridgehead atoms. The predicted octanol–water partition coefficient (Wildman–Crippen LogP) is 0.296. The zero-order chi connectivity index (χ0) is 13.0. The fourth-order valence-corrected chi connectivity index (χ4v) is 3.47. The molecule has 0 radical (unpaired) electrons. The Bertz CT molecular complexity index is 517. The highest BCUT2D eigenvalue weighted by molar-refractivity contribution is 7.85. The number of aliphatic hydroxyl groups excluding tert-OH is 1. The van der Waals surface area contributed by atoms with E-state index < -0.39 is 10.8 Å². The standard InChI is InChI=1S/C12H13NO3S2/c14-5-1-2-11-8-10(9-17-11)12(15)13-3-6-18(16)7-4-13/h8-9,14H,3-7H2. The largest absolute Gasteiger partial charge is 0.384 e. The van der Waals surface area contributed by atoms with Crippen LogP contribution >= 0.6 is 11.3 Å². The maximum Gasteiger partial charge on any atom is 0.254 e. The number of carbonyl (C=O) groups excluding carboxylic acids is 1. The van der Waals surface area contributed by atoms with Crippen LogP contribution in [0.1, 0.15) is 15.2 Å². The fourth-order valence-electron chi connectivity index (χ4n) is 1.66. The Labute approximate surface area is 112 Å². The molecule has 0 saturated carbocycles. The first-order valence-corrected chi connectivity index (χ1v) is 7.90. The van der Waals surface area contributed by atoms with Gasteiger partial charge in [-0.2, -0.15) is 0 Å². The first-order chi connectivity index (χ1) is 8.70. The van der Waals surface area contributed by atoms with Gasteiger partial charge < -0.3 is 10.0 Å². The average Bonchev–Trinajstić information content (AvgIpc) is 2.85. The molecular formula is C12H13NO3S2. The highest BCUT2D eigenvalue weighted by atomic mass is 32.2. The molecule has 0 aromatic carbocycles. The van der Waals surface area contributed by atoms with Crippen LogP contribution in [0.5, 0.6) is 0 Å². The molecule has 1 fully saturated rings. The Hall–Kier alpha value is -1.16. The van der Waals surface area contributed by atoms with Gasteiger partial charge >= 0.3 is 0 Å². The van der Waals surface area contributed by atoms with Gasteiger partial charge in [-0.05, 0) is 6.07 Å². The molecular weight excluding hydrogens is 270 g/mol. The van der Waals surface area contributed by atoms with Crippen LogP contribution in [0.25, 0.3) is 0 Å². The lowest BCUT2D eigenvalue weighted by atomic mass is 10.2. The van der Waals surface area contributed by atoms with Gasteiger partial charge in [-0.1, -0.05) is 11.8 Å². The number of nitrogens with zero attached hydrogens (tertiary/aromatic N) is 1. The third-order valence-corrected chi connectivity index (χ3v) is 4.72. The van der Waals surface area contributed by atoms with Gasteiger partial charge in [0, 0.05) is 40.8 Å². The van der Waals surface area contributed by atoms with Crippen LogP contribution in [-0.2, 0) is 10.8 Å². The number of aliphatic hydroxyl groups is 1. The van der Waals surface area contributed by atoms with Gasteiger partial charge in [-0.3, -0.25) is 9.00 Å². The van der Waals surface area contributed by atoms with E-state index >= 15 is 0 Å². The van der Waals surface area contributed by atoms with Crippen molar-refractivity contribution in [3.8, 4) is 11.8 Å². The number of carbonyl (C=O) groups is 1. The monoisotopic (exact) mass is 283 g/mol. The average molecular weight is 283 g/mol. The van der Waals surface area contributed by atoms with Gasteiger partial charge in [0.25, 0.3) is 5.91 Å². The first kappa shape index (κ1) is 13.3. The maximum atomic E-state index is 12.1. The Kier molecular flexibility index (Phi) is 4.53. The molecule has 1 aliphatic heterocycles. The van der Waals surface area contributed by atoms with Crippen molar-refractivity contribution in [2.24, 2.45) is 0 Å². The Morgan fingerprint density at radius 1 is 1.50 bits per heavy atom. The molecule has 1 aromatic rings. The third-order valence-electron chi connectivity index (χ3n) is 2.60. The van der Waals surface area contributed by atoms with Crippen LogP contribution in [0.4, 0.5) is 0 Å². The van der Waals surface area contributed by atoms with E-state index in [1.165, 1.54) is 11.3 Å². The van der Waals surface area contributed by atoms with Gasteiger partial charge in [0.1, 0.15) is 6.61 Å². The summed E-state index contributed by atoms with van der Waals surface area (Å²) in [5.74, 6) is 6.43. The number of rotatable bonds is 1. The number of hydrogen-bond donors (Lipinski definition) is 1. The highest BCUT2D eigenvalue weighted by Crippen LogP contribution is 2.16. The van der Waals surface area contributed by atoms with Crippen LogP contribution in [0.3, 0.4) is 0 Å². The SMILES string of the molecule is O=C(c1csc(C#CCO)c1)N1CCS(=O)CC1. The third kappa shape index (κ3) is 3.19. The molecule has 18 heavy (non-hydrogen) atoms. The van der Waals surface area contributed by atoms with E-state index in [0.717, 1.165) is 4.88 Å². The second-order valence-corrected chi connectivity index (χ2v) is 6.41. The first-order valence-electron chi connectivity index (χ1n) is 5.53. The maximum absolute atomic E-state index is 12.1. The van der Waals surface area contributed by atoms with Crippen LogP contribution < -0.4 is 0 Å². The Morgan fingerprint density at radius 3 is 2.89 bits per heavy atom. The van der Waals surface area contributed by atoms with E-state index in [2.05, 4.69) is 11.8 Å². The molecule has 1 N–H and O–H groups in total. The Balaban J connectivity index is 2.04. The second kappa shape index (κ2) is 6.14. The lowest BCUT2D eigenvalue weighted by Gasteiger charge is -2.25. The van der Waals surface area contributed by atoms with Crippen LogP contribution in [0.2, 0.25) is 0 Å². The second-order valence-electron chi connectivity index (χ2n) is 3.80. The van der Waals surface area contributed by atoms with Crippen LogP contribution in [0, 0.1) is 11.8 Å². The summed E-state index contributed by atoms with van der Waals surface area (Å²) in [4.78, 5) is 14.6. The van der Waals surface area contributed by atoms with Gasteiger partial charge in [0.05, 0.1) is 10.4 Å². The van der Waals surface area contributed by atoms with Crippen molar-refractivity contribution in [2.45, 2.75) is 0 Å². The molecule has 96 valence electrons. The molecule has 1 aliphatic rings. The molecule has 0 aliphatic carbocycles. The molecule has 1 amide bonds. The number of hydrogen-bond acceptors (Lipinski definition) is 4. The summed E-state index contributed by atoms with van der Waals surface area (Å²) < 4.78 is 11.2. The fraction of sp³-hybridized carbons (Fsp3) is 0.417. The van der Waals surface area contributed by atoms with Crippen molar-refractivity contribution < 1.29 is 14.1 Å². The minimum Gasteiger partial charge on any atom is -0.384 e. The van der Waals surface area contributed by atoms with Crippen molar-refractivity contribution in [1.82, 2.24) is 4.90 Å². The van der Waals surface area contributed by atoms with Crippen molar-refractivity contribution in [3.05, 3.63) is 21.9 Å². The van der Waals surface area contributed by atoms with Gasteiger partial charge in [-0.15, -0.1) is 11.3 Å². The normalized spacial score (nSPS) is 16.2. The summed E-state index contributed by atoms with van der Waals surface area (Å²) in [5.41, 5.74) is 0.620. The minimum absolute atomic E-state index is 0.0278. The molecule has 0 spiro atoms. The van der Waals surface area contributed by atoms with Crippen LogP contribution in [0.15, 0.2) is 11.4 Å². The number of amides is 1. The summed E-state index contributed by atoms with van der Waals surface area (Å²) in [7, 11) is -0.774. The zero-order valence-corrected chi connectivity index (χ0v) is 11.4. The molecule has 0 unspecified atom stereocenters. The highest BCUT2D eigenvalue weighted by Gasteiger charge is 2.21. The van der Waals surface area contributed by atoms with Crippen molar-refractivity contribution in [2.75, 3.05) is 31.2 Å². The number of thiophene rings is 1. The molecule has 2 rings (SSSR count). The molecule has 6 heteroatoms. The smallest absolute Gasteiger partial charge is 0.254 e. The van der Waals surface area contributed by atoms with Gasteiger partial charge in [0.2, 0.25) is 0 Å². The van der Waals surface area contributed by atoms with Crippen molar-refractivity contribution in [3.63, 3.8) is 0 Å². The van der Waals surface area contributed by atoms with E-state index in [1.54, 1.807) is 16.3 Å². The van der Waals surface area contributed by atoms with E-state index in [4.69, 9.17) is 5.11 Å². The summed E-state index contributed by atoms with van der Waals surface area (Å²) in [6, 6.07) is 1.74. The lowest BCUT2D eigenvalue weighted by Crippen LogP contribution is -2.41. The molecule has 2 heterocycles.